The summed E-state index contributed by atoms with van der Waals surface area (Å²) in [7, 11) is 1.36. The molecule has 1 amide bonds. The van der Waals surface area contributed by atoms with E-state index in [1.54, 1.807) is 16.2 Å². The van der Waals surface area contributed by atoms with Gasteiger partial charge in [-0.2, -0.15) is 0 Å². The number of esters is 1. The Morgan fingerprint density at radius 3 is 2.73 bits per heavy atom. The van der Waals surface area contributed by atoms with Gasteiger partial charge in [0.15, 0.2) is 0 Å². The first-order chi connectivity index (χ1) is 12.6. The highest BCUT2D eigenvalue weighted by atomic mass is 32.1. The van der Waals surface area contributed by atoms with Gasteiger partial charge in [-0.1, -0.05) is 36.4 Å². The fourth-order valence-corrected chi connectivity index (χ4v) is 4.19. The molecule has 1 unspecified atom stereocenters. The molecule has 1 aliphatic heterocycles. The SMILES string of the molecule is COC(=O)C1CC(=O)N(Cc2ccc(-c3nc4ccccc4s3)cc2)C1. The second-order valence-electron chi connectivity index (χ2n) is 6.38. The Hall–Kier alpha value is -2.73. The van der Waals surface area contributed by atoms with E-state index >= 15 is 0 Å². The molecule has 0 aliphatic carbocycles. The number of hydrogen-bond acceptors (Lipinski definition) is 5. The van der Waals surface area contributed by atoms with Gasteiger partial charge in [0.1, 0.15) is 5.01 Å². The smallest absolute Gasteiger partial charge is 0.310 e. The van der Waals surface area contributed by atoms with Crippen LogP contribution in [0.15, 0.2) is 48.5 Å². The van der Waals surface area contributed by atoms with E-state index in [2.05, 4.69) is 11.1 Å². The fourth-order valence-electron chi connectivity index (χ4n) is 3.22. The van der Waals surface area contributed by atoms with Crippen LogP contribution < -0.4 is 0 Å². The van der Waals surface area contributed by atoms with E-state index in [4.69, 9.17) is 4.74 Å². The number of hydrogen-bond donors (Lipinski definition) is 0. The molecule has 1 atom stereocenters. The molecule has 26 heavy (non-hydrogen) atoms. The van der Waals surface area contributed by atoms with Crippen molar-refractivity contribution < 1.29 is 14.3 Å². The average molecular weight is 366 g/mol. The predicted octanol–water partition coefficient (Wildman–Crippen LogP) is 3.48. The Kier molecular flexibility index (Phi) is 4.42. The van der Waals surface area contributed by atoms with Crippen molar-refractivity contribution in [2.75, 3.05) is 13.7 Å². The number of para-hydroxylation sites is 1. The average Bonchev–Trinajstić information content (AvgIpc) is 3.25. The van der Waals surface area contributed by atoms with Crippen LogP contribution in [0.3, 0.4) is 0 Å². The maximum atomic E-state index is 12.1. The number of aromatic nitrogens is 1. The number of rotatable bonds is 4. The summed E-state index contributed by atoms with van der Waals surface area (Å²) in [5.74, 6) is -0.669. The number of benzene rings is 2. The third kappa shape index (κ3) is 3.20. The first-order valence-electron chi connectivity index (χ1n) is 8.44. The summed E-state index contributed by atoms with van der Waals surface area (Å²) < 4.78 is 5.92. The highest BCUT2D eigenvalue weighted by molar-refractivity contribution is 7.21. The van der Waals surface area contributed by atoms with Crippen molar-refractivity contribution in [2.45, 2.75) is 13.0 Å². The second kappa shape index (κ2) is 6.88. The second-order valence-corrected chi connectivity index (χ2v) is 7.41. The van der Waals surface area contributed by atoms with Crippen LogP contribution in [0.4, 0.5) is 0 Å². The molecule has 4 rings (SSSR count). The minimum Gasteiger partial charge on any atom is -0.469 e. The molecule has 0 saturated carbocycles. The van der Waals surface area contributed by atoms with Crippen LogP contribution in [0.2, 0.25) is 0 Å². The summed E-state index contributed by atoms with van der Waals surface area (Å²) in [4.78, 5) is 30.1. The number of carbonyl (C=O) groups excluding carboxylic acids is 2. The Morgan fingerprint density at radius 2 is 2.00 bits per heavy atom. The summed E-state index contributed by atoms with van der Waals surface area (Å²) in [5.41, 5.74) is 3.11. The van der Waals surface area contributed by atoms with Crippen LogP contribution in [0.5, 0.6) is 0 Å². The molecule has 3 aromatic rings. The minimum absolute atomic E-state index is 0.00403. The Morgan fingerprint density at radius 1 is 1.23 bits per heavy atom. The lowest BCUT2D eigenvalue weighted by Crippen LogP contribution is -2.26. The molecule has 0 N–H and O–H groups in total. The molecule has 5 nitrogen and oxygen atoms in total. The lowest BCUT2D eigenvalue weighted by molar-refractivity contribution is -0.145. The Balaban J connectivity index is 1.48. The molecular weight excluding hydrogens is 348 g/mol. The van der Waals surface area contributed by atoms with Gasteiger partial charge in [-0.05, 0) is 17.7 Å². The third-order valence-electron chi connectivity index (χ3n) is 4.62. The highest BCUT2D eigenvalue weighted by Crippen LogP contribution is 2.30. The Bertz CT molecular complexity index is 932. The maximum Gasteiger partial charge on any atom is 0.310 e. The van der Waals surface area contributed by atoms with E-state index in [-0.39, 0.29) is 24.2 Å². The number of amides is 1. The van der Waals surface area contributed by atoms with Crippen LogP contribution in [0, 0.1) is 5.92 Å². The quantitative estimate of drug-likeness (QED) is 0.663. The zero-order chi connectivity index (χ0) is 18.1. The van der Waals surface area contributed by atoms with Crippen LogP contribution in [0.25, 0.3) is 20.8 Å². The van der Waals surface area contributed by atoms with Crippen molar-refractivity contribution in [1.29, 1.82) is 0 Å². The highest BCUT2D eigenvalue weighted by Gasteiger charge is 2.34. The molecule has 2 aromatic carbocycles. The summed E-state index contributed by atoms with van der Waals surface area (Å²) >= 11 is 1.67. The Labute approximate surface area is 155 Å². The van der Waals surface area contributed by atoms with E-state index < -0.39 is 0 Å². The van der Waals surface area contributed by atoms with Gasteiger partial charge < -0.3 is 9.64 Å². The van der Waals surface area contributed by atoms with Gasteiger partial charge in [0.25, 0.3) is 0 Å². The van der Waals surface area contributed by atoms with Gasteiger partial charge in [0.2, 0.25) is 5.91 Å². The normalized spacial score (nSPS) is 17.0. The van der Waals surface area contributed by atoms with Crippen LogP contribution >= 0.6 is 11.3 Å². The van der Waals surface area contributed by atoms with E-state index in [9.17, 15) is 9.59 Å². The maximum absolute atomic E-state index is 12.1. The monoisotopic (exact) mass is 366 g/mol. The number of methoxy groups -OCH3 is 1. The molecule has 0 radical (unpaired) electrons. The van der Waals surface area contributed by atoms with E-state index in [1.165, 1.54) is 11.8 Å². The molecule has 0 spiro atoms. The van der Waals surface area contributed by atoms with Gasteiger partial charge in [0.05, 0.1) is 23.2 Å². The van der Waals surface area contributed by atoms with E-state index in [0.29, 0.717) is 13.1 Å². The van der Waals surface area contributed by atoms with Gasteiger partial charge in [-0.25, -0.2) is 4.98 Å². The van der Waals surface area contributed by atoms with Crippen molar-refractivity contribution in [1.82, 2.24) is 9.88 Å². The standard InChI is InChI=1S/C20H18N2O3S/c1-25-20(24)15-10-18(23)22(12-15)11-13-6-8-14(9-7-13)19-21-16-4-2-3-5-17(16)26-19/h2-9,15H,10-12H2,1H3. The fraction of sp³-hybridized carbons (Fsp3) is 0.250. The zero-order valence-electron chi connectivity index (χ0n) is 14.3. The third-order valence-corrected chi connectivity index (χ3v) is 5.70. The molecule has 1 aliphatic rings. The molecule has 2 heterocycles. The topological polar surface area (TPSA) is 59.5 Å². The van der Waals surface area contributed by atoms with Crippen molar-refractivity contribution in [3.05, 3.63) is 54.1 Å². The largest absolute Gasteiger partial charge is 0.469 e. The molecule has 1 saturated heterocycles. The summed E-state index contributed by atoms with van der Waals surface area (Å²) in [6, 6.07) is 16.2. The lowest BCUT2D eigenvalue weighted by atomic mass is 10.1. The van der Waals surface area contributed by atoms with E-state index in [0.717, 1.165) is 21.7 Å². The van der Waals surface area contributed by atoms with Crippen LogP contribution in [-0.4, -0.2) is 35.4 Å². The number of thiazole rings is 1. The van der Waals surface area contributed by atoms with Gasteiger partial charge in [-0.15, -0.1) is 11.3 Å². The number of fused-ring (bicyclic) bond motifs is 1. The summed E-state index contributed by atoms with van der Waals surface area (Å²) in [6.07, 6.45) is 0.233. The molecule has 132 valence electrons. The van der Waals surface area contributed by atoms with Gasteiger partial charge >= 0.3 is 5.97 Å². The van der Waals surface area contributed by atoms with Crippen molar-refractivity contribution in [3.63, 3.8) is 0 Å². The van der Waals surface area contributed by atoms with Gasteiger partial charge in [0, 0.05) is 25.1 Å². The predicted molar refractivity (Wildman–Crippen MR) is 101 cm³/mol. The number of nitrogens with zero attached hydrogens (tertiary/aromatic N) is 2. The lowest BCUT2D eigenvalue weighted by Gasteiger charge is -2.16. The van der Waals surface area contributed by atoms with Crippen LogP contribution in [-0.2, 0) is 20.9 Å². The summed E-state index contributed by atoms with van der Waals surface area (Å²) in [5, 5.41) is 0.987. The number of likely N-dealkylation sites (tertiary alicyclic amines) is 1. The van der Waals surface area contributed by atoms with Gasteiger partial charge in [-0.3, -0.25) is 9.59 Å². The zero-order valence-corrected chi connectivity index (χ0v) is 15.2. The number of carbonyl (C=O) groups is 2. The molecule has 1 aromatic heterocycles. The molecule has 0 bridgehead atoms. The van der Waals surface area contributed by atoms with Crippen molar-refractivity contribution in [2.24, 2.45) is 5.92 Å². The minimum atomic E-state index is -0.352. The van der Waals surface area contributed by atoms with Crippen molar-refractivity contribution >= 4 is 33.4 Å². The first kappa shape index (κ1) is 16.7. The van der Waals surface area contributed by atoms with Crippen LogP contribution in [0.1, 0.15) is 12.0 Å². The first-order valence-corrected chi connectivity index (χ1v) is 9.26. The molecular formula is C20H18N2O3S. The van der Waals surface area contributed by atoms with E-state index in [1.807, 2.05) is 42.5 Å². The summed E-state index contributed by atoms with van der Waals surface area (Å²) in [6.45, 7) is 0.928. The molecule has 1 fully saturated rings. The number of ether oxygens (including phenoxy) is 1. The van der Waals surface area contributed by atoms with Crippen molar-refractivity contribution in [3.8, 4) is 10.6 Å². The molecule has 6 heteroatoms.